The monoisotopic (exact) mass is 429 g/mol. The zero-order valence-electron chi connectivity index (χ0n) is 14.2. The Labute approximate surface area is 159 Å². The third-order valence-corrected chi connectivity index (χ3v) is 4.93. The Morgan fingerprint density at radius 3 is 2.11 bits per heavy atom. The molecule has 1 aromatic rings. The molecule has 2 unspecified atom stereocenters. The van der Waals surface area contributed by atoms with Crippen LogP contribution in [0.15, 0.2) is 11.1 Å². The molecule has 28 heavy (non-hydrogen) atoms. The summed E-state index contributed by atoms with van der Waals surface area (Å²) >= 11 is 5.14. The lowest BCUT2D eigenvalue weighted by Crippen LogP contribution is -2.14. The van der Waals surface area contributed by atoms with Crippen LogP contribution < -0.4 is 0 Å². The molecular weight excluding hydrogens is 419 g/mol. The molecule has 3 nitrogen and oxygen atoms in total. The van der Waals surface area contributed by atoms with Gasteiger partial charge in [-0.3, -0.25) is 4.79 Å². The van der Waals surface area contributed by atoms with Gasteiger partial charge in [0, 0.05) is 0 Å². The largest absolute Gasteiger partial charge is 0.460 e. The van der Waals surface area contributed by atoms with Crippen molar-refractivity contribution in [2.75, 3.05) is 0 Å². The lowest BCUT2D eigenvalue weighted by Gasteiger charge is -2.10. The zero-order chi connectivity index (χ0) is 21.6. The summed E-state index contributed by atoms with van der Waals surface area (Å²) in [5.41, 5.74) is -3.72. The van der Waals surface area contributed by atoms with Crippen LogP contribution in [0.2, 0.25) is 0 Å². The van der Waals surface area contributed by atoms with Gasteiger partial charge in [0.25, 0.3) is 0 Å². The molecule has 2 atom stereocenters. The van der Waals surface area contributed by atoms with Crippen molar-refractivity contribution in [3.63, 3.8) is 0 Å². The van der Waals surface area contributed by atoms with Gasteiger partial charge in [-0.1, -0.05) is 31.5 Å². The lowest BCUT2D eigenvalue weighted by molar-refractivity contribution is -0.147. The Kier molecular flexibility index (Phi) is 5.72. The second-order valence-electron chi connectivity index (χ2n) is 6.67. The van der Waals surface area contributed by atoms with E-state index < -0.39 is 75.4 Å². The molecule has 0 radical (unpaired) electrons. The van der Waals surface area contributed by atoms with Crippen LogP contribution in [0, 0.1) is 51.9 Å². The predicted molar refractivity (Wildman–Crippen MR) is 81.5 cm³/mol. The summed E-state index contributed by atoms with van der Waals surface area (Å²) in [6.07, 6.45) is -4.17. The Hall–Kier alpha value is -2.28. The minimum Gasteiger partial charge on any atom is -0.460 e. The van der Waals surface area contributed by atoms with Crippen molar-refractivity contribution in [3.8, 4) is 6.07 Å². The summed E-state index contributed by atoms with van der Waals surface area (Å²) in [6.45, 7) is 1.68. The molecule has 1 aliphatic rings. The number of rotatable bonds is 4. The smallest absolute Gasteiger partial charge is 0.426 e. The van der Waals surface area contributed by atoms with Crippen molar-refractivity contribution in [1.29, 1.82) is 5.26 Å². The van der Waals surface area contributed by atoms with Crippen LogP contribution in [0.1, 0.15) is 25.0 Å². The summed E-state index contributed by atoms with van der Waals surface area (Å²) in [6, 6.07) is 0.964. The van der Waals surface area contributed by atoms with Gasteiger partial charge in [0.15, 0.2) is 23.3 Å². The average Bonchev–Trinajstić information content (AvgIpc) is 3.13. The third kappa shape index (κ3) is 3.81. The molecule has 0 amide bonds. The molecule has 1 fully saturated rings. The second kappa shape index (κ2) is 7.28. The fourth-order valence-electron chi connectivity index (χ4n) is 2.83. The van der Waals surface area contributed by atoms with E-state index in [4.69, 9.17) is 16.9 Å². The minimum atomic E-state index is -4.81. The van der Waals surface area contributed by atoms with E-state index >= 15 is 0 Å². The number of carbonyl (C=O) groups is 1. The number of nitriles is 1. The van der Waals surface area contributed by atoms with E-state index in [0.717, 1.165) is 6.07 Å². The maximum Gasteiger partial charge on any atom is 0.426 e. The van der Waals surface area contributed by atoms with E-state index in [9.17, 15) is 35.5 Å². The Balaban J connectivity index is 2.19. The van der Waals surface area contributed by atoms with Gasteiger partial charge < -0.3 is 4.74 Å². The minimum absolute atomic E-state index is 0.635. The molecular formula is C17H11ClF7NO2. The maximum atomic E-state index is 13.8. The first-order chi connectivity index (χ1) is 12.7. The van der Waals surface area contributed by atoms with E-state index in [1.54, 1.807) is 0 Å². The fraction of sp³-hybridized carbons (Fsp3) is 0.412. The molecule has 152 valence electrons. The summed E-state index contributed by atoms with van der Waals surface area (Å²) in [5.74, 6) is -10.9. The van der Waals surface area contributed by atoms with E-state index in [2.05, 4.69) is 4.74 Å². The topological polar surface area (TPSA) is 50.1 Å². The van der Waals surface area contributed by atoms with E-state index in [1.807, 2.05) is 0 Å². The summed E-state index contributed by atoms with van der Waals surface area (Å²) in [7, 11) is 0. The highest BCUT2D eigenvalue weighted by Gasteiger charge is 2.62. The molecule has 0 aliphatic heterocycles. The molecule has 0 N–H and O–H groups in total. The van der Waals surface area contributed by atoms with Crippen LogP contribution in [0.4, 0.5) is 30.7 Å². The van der Waals surface area contributed by atoms with Crippen molar-refractivity contribution in [2.45, 2.75) is 26.6 Å². The summed E-state index contributed by atoms with van der Waals surface area (Å²) in [5, 5.41) is 7.07. The van der Waals surface area contributed by atoms with Crippen LogP contribution >= 0.6 is 11.6 Å². The molecule has 1 aromatic carbocycles. The maximum absolute atomic E-state index is 13.8. The quantitative estimate of drug-likeness (QED) is 0.379. The molecule has 0 heterocycles. The van der Waals surface area contributed by atoms with Gasteiger partial charge >= 0.3 is 12.1 Å². The highest BCUT2D eigenvalue weighted by atomic mass is 35.5. The zero-order valence-corrected chi connectivity index (χ0v) is 15.0. The Morgan fingerprint density at radius 2 is 1.68 bits per heavy atom. The standard InChI is InChI=1S/C17H11ClF7NO2/c1-16(2)8(3-9(18)17(23,24)25)10(16)15(27)28-5-7-13(21)11(19)6(4-26)12(20)14(7)22/h3,8,10H,5H2,1-2H3. The van der Waals surface area contributed by atoms with Crippen molar-refractivity contribution < 1.29 is 40.3 Å². The summed E-state index contributed by atoms with van der Waals surface area (Å²) < 4.78 is 97.0. The van der Waals surface area contributed by atoms with Crippen molar-refractivity contribution >= 4 is 17.6 Å². The van der Waals surface area contributed by atoms with Gasteiger partial charge in [-0.05, 0) is 11.3 Å². The number of nitrogens with zero attached hydrogens (tertiary/aromatic N) is 1. The van der Waals surface area contributed by atoms with E-state index in [1.165, 1.54) is 13.8 Å². The van der Waals surface area contributed by atoms with Crippen molar-refractivity contribution in [1.82, 2.24) is 0 Å². The number of carbonyl (C=O) groups excluding carboxylic acids is 1. The van der Waals surface area contributed by atoms with Gasteiger partial charge in [-0.2, -0.15) is 18.4 Å². The number of allylic oxidation sites excluding steroid dienone is 2. The first-order valence-corrected chi connectivity index (χ1v) is 7.99. The van der Waals surface area contributed by atoms with Crippen LogP contribution in [0.25, 0.3) is 0 Å². The second-order valence-corrected chi connectivity index (χ2v) is 7.07. The highest BCUT2D eigenvalue weighted by Crippen LogP contribution is 2.60. The number of benzene rings is 1. The highest BCUT2D eigenvalue weighted by molar-refractivity contribution is 6.30. The molecule has 11 heteroatoms. The average molecular weight is 430 g/mol. The van der Waals surface area contributed by atoms with Crippen molar-refractivity contribution in [3.05, 3.63) is 45.5 Å². The lowest BCUT2D eigenvalue weighted by atomic mass is 10.1. The SMILES string of the molecule is CC1(C)C(C=C(Cl)C(F)(F)F)C1C(=O)OCc1c(F)c(F)c(C#N)c(F)c1F. The van der Waals surface area contributed by atoms with Gasteiger partial charge in [-0.25, -0.2) is 17.6 Å². The fourth-order valence-corrected chi connectivity index (χ4v) is 2.96. The molecule has 1 saturated carbocycles. The normalized spacial score (nSPS) is 21.2. The Bertz CT molecular complexity index is 873. The number of halogens is 8. The first-order valence-electron chi connectivity index (χ1n) is 7.61. The third-order valence-electron chi connectivity index (χ3n) is 4.59. The molecule has 0 bridgehead atoms. The van der Waals surface area contributed by atoms with Crippen molar-refractivity contribution in [2.24, 2.45) is 17.3 Å². The number of hydrogen-bond acceptors (Lipinski definition) is 3. The molecule has 0 spiro atoms. The Morgan fingerprint density at radius 1 is 1.18 bits per heavy atom. The number of esters is 1. The molecule has 1 aliphatic carbocycles. The van der Waals surface area contributed by atoms with Gasteiger partial charge in [-0.15, -0.1) is 0 Å². The van der Waals surface area contributed by atoms with Crippen LogP contribution in [-0.4, -0.2) is 12.1 Å². The van der Waals surface area contributed by atoms with Gasteiger partial charge in [0.2, 0.25) is 0 Å². The van der Waals surface area contributed by atoms with Crippen LogP contribution in [0.5, 0.6) is 0 Å². The number of hydrogen-bond donors (Lipinski definition) is 0. The molecule has 0 aromatic heterocycles. The molecule has 2 rings (SSSR count). The van der Waals surface area contributed by atoms with Crippen LogP contribution in [-0.2, 0) is 16.1 Å². The number of alkyl halides is 3. The van der Waals surface area contributed by atoms with Gasteiger partial charge in [0.05, 0.1) is 11.5 Å². The van der Waals surface area contributed by atoms with Crippen LogP contribution in [0.3, 0.4) is 0 Å². The molecule has 0 saturated heterocycles. The number of ether oxygens (including phenoxy) is 1. The van der Waals surface area contributed by atoms with E-state index in [-0.39, 0.29) is 0 Å². The first kappa shape index (κ1) is 22.0. The van der Waals surface area contributed by atoms with Gasteiger partial charge in [0.1, 0.15) is 23.3 Å². The van der Waals surface area contributed by atoms with E-state index in [0.29, 0.717) is 6.08 Å². The predicted octanol–water partition coefficient (Wildman–Crippen LogP) is 5.12. The summed E-state index contributed by atoms with van der Waals surface area (Å²) in [4.78, 5) is 12.1.